The number of nitrogens with one attached hydrogen (secondary N) is 2. The molecule has 3 aromatic rings. The summed E-state index contributed by atoms with van der Waals surface area (Å²) in [5.41, 5.74) is 1.75. The van der Waals surface area contributed by atoms with Gasteiger partial charge in [0.1, 0.15) is 29.0 Å². The van der Waals surface area contributed by atoms with E-state index >= 15 is 0 Å². The number of ketones is 2. The Kier molecular flexibility index (Phi) is 7.48. The number of aliphatic hydroxyl groups is 1. The highest BCUT2D eigenvalue weighted by Crippen LogP contribution is 2.42. The van der Waals surface area contributed by atoms with Gasteiger partial charge in [-0.05, 0) is 82.1 Å². The number of aryl methyl sites for hydroxylation is 2. The van der Waals surface area contributed by atoms with Crippen molar-refractivity contribution in [2.45, 2.75) is 90.3 Å². The molecule has 0 saturated carbocycles. The van der Waals surface area contributed by atoms with Crippen molar-refractivity contribution < 1.29 is 38.5 Å². The van der Waals surface area contributed by atoms with Crippen LogP contribution in [0.5, 0.6) is 0 Å². The number of rotatable bonds is 3. The first-order valence-electron chi connectivity index (χ1n) is 15.1. The molecule has 6 heterocycles. The quantitative estimate of drug-likeness (QED) is 0.357. The summed E-state index contributed by atoms with van der Waals surface area (Å²) in [4.78, 5) is 68.2. The molecule has 3 aliphatic rings. The van der Waals surface area contributed by atoms with E-state index in [1.165, 1.54) is 20.8 Å². The monoisotopic (exact) mass is 628 g/mol. The first kappa shape index (κ1) is 31.3. The van der Waals surface area contributed by atoms with Gasteiger partial charge < -0.3 is 29.3 Å². The fourth-order valence-corrected chi connectivity index (χ4v) is 6.56. The van der Waals surface area contributed by atoms with Gasteiger partial charge in [-0.2, -0.15) is 0 Å². The Morgan fingerprint density at radius 2 is 1.46 bits per heavy atom. The summed E-state index contributed by atoms with van der Waals surface area (Å²) >= 11 is 0. The molecule has 0 amide bonds. The van der Waals surface area contributed by atoms with Crippen molar-refractivity contribution in [2.75, 3.05) is 0 Å². The van der Waals surface area contributed by atoms with Crippen molar-refractivity contribution in [2.24, 2.45) is 0 Å². The minimum Gasteiger partial charge on any atom is -0.460 e. The van der Waals surface area contributed by atoms with Gasteiger partial charge >= 0.3 is 11.9 Å². The normalized spacial score (nSPS) is 27.8. The van der Waals surface area contributed by atoms with Gasteiger partial charge in [0.2, 0.25) is 11.4 Å². The lowest BCUT2D eigenvalue weighted by molar-refractivity contribution is -0.197. The molecule has 0 aromatic carbocycles. The fraction of sp³-hybridized carbons (Fsp3) is 0.412. The summed E-state index contributed by atoms with van der Waals surface area (Å²) in [6, 6.07) is 10.3. The van der Waals surface area contributed by atoms with Crippen LogP contribution >= 0.6 is 0 Å². The van der Waals surface area contributed by atoms with Gasteiger partial charge in [0.15, 0.2) is 5.78 Å². The van der Waals surface area contributed by atoms with E-state index in [2.05, 4.69) is 15.0 Å². The number of Topliss-reactive ketones (excluding diaryl/α,β-unsaturated/α-hetero) is 2. The molecule has 1 saturated heterocycles. The van der Waals surface area contributed by atoms with Crippen LogP contribution in [0.2, 0.25) is 0 Å². The van der Waals surface area contributed by atoms with Crippen molar-refractivity contribution in [1.82, 2.24) is 19.9 Å². The maximum Gasteiger partial charge on any atom is 0.304 e. The molecule has 8 bridgehead atoms. The van der Waals surface area contributed by atoms with Gasteiger partial charge in [-0.1, -0.05) is 0 Å². The van der Waals surface area contributed by atoms with Crippen LogP contribution in [-0.2, 0) is 34.8 Å². The summed E-state index contributed by atoms with van der Waals surface area (Å²) in [5, 5.41) is 10.6. The molecular formula is C34H36N4O8. The van der Waals surface area contributed by atoms with Crippen molar-refractivity contribution in [3.8, 4) is 0 Å². The number of carbonyl (C=O) groups excluding carboxylic acids is 4. The molecule has 0 radical (unpaired) electrons. The summed E-state index contributed by atoms with van der Waals surface area (Å²) in [7, 11) is 0. The lowest BCUT2D eigenvalue weighted by atomic mass is 9.73. The topological polar surface area (TPSA) is 174 Å². The van der Waals surface area contributed by atoms with Gasteiger partial charge in [-0.3, -0.25) is 19.2 Å². The number of hydrogen-bond donors (Lipinski definition) is 3. The van der Waals surface area contributed by atoms with Crippen LogP contribution in [0, 0.1) is 13.8 Å². The molecule has 3 aliphatic heterocycles. The second-order valence-corrected chi connectivity index (χ2v) is 12.7. The van der Waals surface area contributed by atoms with Crippen LogP contribution in [-0.4, -0.2) is 73.0 Å². The van der Waals surface area contributed by atoms with Crippen molar-refractivity contribution in [3.63, 3.8) is 0 Å². The highest BCUT2D eigenvalue weighted by atomic mass is 16.6. The largest absolute Gasteiger partial charge is 0.460 e. The highest BCUT2D eigenvalue weighted by molar-refractivity contribution is 6.06. The van der Waals surface area contributed by atoms with E-state index < -0.39 is 53.2 Å². The lowest BCUT2D eigenvalue weighted by Crippen LogP contribution is -2.57. The Balaban J connectivity index is 1.64. The van der Waals surface area contributed by atoms with Crippen molar-refractivity contribution >= 4 is 45.6 Å². The number of aromatic nitrogens is 4. The zero-order valence-corrected chi connectivity index (χ0v) is 26.7. The lowest BCUT2D eigenvalue weighted by Gasteiger charge is -2.44. The maximum atomic E-state index is 14.4. The fourth-order valence-electron chi connectivity index (χ4n) is 6.56. The van der Waals surface area contributed by atoms with E-state index in [9.17, 15) is 24.3 Å². The SMILES string of the molecule is CC(=O)O[C@H]1C[C@@H](O)[C@H](C)OC1C1(C)C(=O)c2cc3cc(C)c(cc4nc(cc5[nH]c(cc1n2)cc5C)C(=O)C4(C)OC(C)=O)[nH]3. The highest BCUT2D eigenvalue weighted by Gasteiger charge is 2.56. The van der Waals surface area contributed by atoms with Gasteiger partial charge in [-0.25, -0.2) is 9.97 Å². The van der Waals surface area contributed by atoms with E-state index in [0.29, 0.717) is 27.8 Å². The number of H-pyrrole nitrogens is 2. The number of hydrogen-bond acceptors (Lipinski definition) is 10. The molecule has 0 spiro atoms. The van der Waals surface area contributed by atoms with Crippen LogP contribution < -0.4 is 0 Å². The predicted octanol–water partition coefficient (Wildman–Crippen LogP) is 4.20. The zero-order valence-electron chi connectivity index (χ0n) is 26.7. The average molecular weight is 629 g/mol. The second-order valence-electron chi connectivity index (χ2n) is 12.7. The third-order valence-corrected chi connectivity index (χ3v) is 9.12. The Morgan fingerprint density at radius 1 is 0.870 bits per heavy atom. The van der Waals surface area contributed by atoms with Crippen molar-refractivity contribution in [1.29, 1.82) is 0 Å². The summed E-state index contributed by atoms with van der Waals surface area (Å²) in [6.07, 6.45) is -3.27. The smallest absolute Gasteiger partial charge is 0.304 e. The Morgan fingerprint density at radius 3 is 2.09 bits per heavy atom. The van der Waals surface area contributed by atoms with E-state index in [1.54, 1.807) is 38.1 Å². The number of aromatic amines is 2. The van der Waals surface area contributed by atoms with Gasteiger partial charge in [0.05, 0.1) is 23.6 Å². The third kappa shape index (κ3) is 5.11. The molecule has 1 fully saturated rings. The first-order chi connectivity index (χ1) is 21.6. The van der Waals surface area contributed by atoms with Crippen LogP contribution in [0.3, 0.4) is 0 Å². The minimum absolute atomic E-state index is 0.0948. The van der Waals surface area contributed by atoms with E-state index in [1.807, 2.05) is 26.0 Å². The average Bonchev–Trinajstić information content (AvgIpc) is 3.62. The second kappa shape index (κ2) is 11.0. The molecule has 3 N–H and O–H groups in total. The Labute approximate surface area is 264 Å². The van der Waals surface area contributed by atoms with E-state index in [-0.39, 0.29) is 29.3 Å². The molecule has 0 aliphatic carbocycles. The van der Waals surface area contributed by atoms with Crippen LogP contribution in [0.25, 0.3) is 22.1 Å². The zero-order chi connectivity index (χ0) is 33.3. The third-order valence-electron chi connectivity index (χ3n) is 9.12. The molecule has 12 nitrogen and oxygen atoms in total. The minimum atomic E-state index is -1.64. The van der Waals surface area contributed by atoms with Crippen LogP contribution in [0.1, 0.15) is 84.5 Å². The van der Waals surface area contributed by atoms with Crippen LogP contribution in [0.15, 0.2) is 36.4 Å². The Bertz CT molecular complexity index is 1980. The molecule has 46 heavy (non-hydrogen) atoms. The summed E-state index contributed by atoms with van der Waals surface area (Å²) in [5.74, 6) is -1.98. The number of ether oxygens (including phenoxy) is 3. The van der Waals surface area contributed by atoms with Crippen molar-refractivity contribution in [3.05, 3.63) is 70.3 Å². The molecule has 3 unspecified atom stereocenters. The number of carbonyl (C=O) groups is 4. The summed E-state index contributed by atoms with van der Waals surface area (Å²) < 4.78 is 17.4. The molecule has 240 valence electrons. The number of aliphatic hydroxyl groups excluding tert-OH is 1. The first-order valence-corrected chi connectivity index (χ1v) is 15.1. The molecule has 6 rings (SSSR count). The Hall–Kier alpha value is -4.68. The predicted molar refractivity (Wildman–Crippen MR) is 166 cm³/mol. The molecular weight excluding hydrogens is 592 g/mol. The van der Waals surface area contributed by atoms with Gasteiger partial charge in [0.25, 0.3) is 0 Å². The van der Waals surface area contributed by atoms with E-state index in [4.69, 9.17) is 19.2 Å². The summed E-state index contributed by atoms with van der Waals surface area (Å²) in [6.45, 7) is 11.2. The van der Waals surface area contributed by atoms with Gasteiger partial charge in [0, 0.05) is 42.3 Å². The molecule has 6 atom stereocenters. The van der Waals surface area contributed by atoms with Gasteiger partial charge in [-0.15, -0.1) is 0 Å². The molecule has 12 heteroatoms. The number of fused-ring (bicyclic) bond motifs is 8. The number of esters is 2. The standard InChI is InChI=1S/C34H36N4O8/c1-15-9-21-11-28-33(6,32-27(45-18(4)39)14-26(41)17(3)44-32)30(42)24(37-28)10-20-8-16(2)23(35-20)13-29-34(7,46-19(5)40)31(43)25(38-29)12-22(15)36-21/h8-13,17,26-27,32,35-36,41H,14H2,1-7H3/t17-,26+,27-,32?,33?,34?/m0/s1. The van der Waals surface area contributed by atoms with E-state index in [0.717, 1.165) is 11.1 Å². The number of nitrogens with zero attached hydrogens (tertiary/aromatic N) is 2. The maximum absolute atomic E-state index is 14.4. The molecule has 3 aromatic heterocycles. The van der Waals surface area contributed by atoms with Crippen LogP contribution in [0.4, 0.5) is 0 Å².